The largest absolute Gasteiger partial charge is 0.492 e. The lowest BCUT2D eigenvalue weighted by molar-refractivity contribution is 0.137. The average Bonchev–Trinajstić information content (AvgIpc) is 2.91. The van der Waals surface area contributed by atoms with Crippen LogP contribution in [0.1, 0.15) is 25.7 Å². The maximum atomic E-state index is 13.9. The molecule has 1 heterocycles. The minimum absolute atomic E-state index is 0.238. The fourth-order valence-electron chi connectivity index (χ4n) is 4.13. The van der Waals surface area contributed by atoms with E-state index in [0.29, 0.717) is 47.1 Å². The van der Waals surface area contributed by atoms with Crippen molar-refractivity contribution in [2.24, 2.45) is 0 Å². The Labute approximate surface area is 224 Å². The second kappa shape index (κ2) is 12.0. The molecular formula is C28H29BrN4O4. The minimum Gasteiger partial charge on any atom is -0.492 e. The molecule has 0 aliphatic rings. The average molecular weight is 565 g/mol. The molecule has 0 fully saturated rings. The number of methoxy groups -OCH3 is 1. The molecule has 9 heteroatoms. The molecule has 8 nitrogen and oxygen atoms in total. The molecule has 4 aromatic rings. The van der Waals surface area contributed by atoms with E-state index in [2.05, 4.69) is 21.2 Å². The third-order valence-electron chi connectivity index (χ3n) is 5.96. The molecule has 0 saturated carbocycles. The number of amides is 2. The highest BCUT2D eigenvalue weighted by Gasteiger charge is 2.28. The van der Waals surface area contributed by atoms with Gasteiger partial charge in [0.25, 0.3) is 5.56 Å². The van der Waals surface area contributed by atoms with E-state index in [4.69, 9.17) is 14.5 Å². The topological polar surface area (TPSA) is 85.7 Å². The van der Waals surface area contributed by atoms with Gasteiger partial charge < -0.3 is 19.7 Å². The summed E-state index contributed by atoms with van der Waals surface area (Å²) in [5, 5.41) is 3.43. The van der Waals surface area contributed by atoms with Crippen molar-refractivity contribution in [2.45, 2.75) is 19.9 Å². The van der Waals surface area contributed by atoms with E-state index in [-0.39, 0.29) is 18.1 Å². The SMILES string of the molecule is CCOc1ccccc1-n1c(C(C)N(CCOC)C(=O)Nc2ccccc2Br)nc2ccccc2c1=O. The van der Waals surface area contributed by atoms with E-state index in [9.17, 15) is 9.59 Å². The molecule has 0 saturated heterocycles. The van der Waals surface area contributed by atoms with Gasteiger partial charge in [-0.2, -0.15) is 0 Å². The molecule has 2 amide bonds. The van der Waals surface area contributed by atoms with Gasteiger partial charge in [0.1, 0.15) is 11.6 Å². The number of hydrogen-bond donors (Lipinski definition) is 1. The first-order chi connectivity index (χ1) is 18.0. The zero-order valence-electron chi connectivity index (χ0n) is 21.0. The van der Waals surface area contributed by atoms with E-state index in [0.717, 1.165) is 4.47 Å². The van der Waals surface area contributed by atoms with Crippen LogP contribution in [0.15, 0.2) is 82.1 Å². The maximum Gasteiger partial charge on any atom is 0.322 e. The highest BCUT2D eigenvalue weighted by Crippen LogP contribution is 2.29. The van der Waals surface area contributed by atoms with Gasteiger partial charge >= 0.3 is 6.03 Å². The monoisotopic (exact) mass is 564 g/mol. The van der Waals surface area contributed by atoms with Crippen molar-refractivity contribution in [3.63, 3.8) is 0 Å². The van der Waals surface area contributed by atoms with Crippen LogP contribution in [-0.4, -0.2) is 47.4 Å². The van der Waals surface area contributed by atoms with Gasteiger partial charge in [0.15, 0.2) is 0 Å². The Bertz CT molecular complexity index is 1460. The number of benzene rings is 3. The molecule has 1 aromatic heterocycles. The lowest BCUT2D eigenvalue weighted by Gasteiger charge is -2.31. The van der Waals surface area contributed by atoms with Crippen LogP contribution in [0.2, 0.25) is 0 Å². The van der Waals surface area contributed by atoms with Crippen molar-refractivity contribution < 1.29 is 14.3 Å². The van der Waals surface area contributed by atoms with E-state index in [1.807, 2.05) is 74.5 Å². The van der Waals surface area contributed by atoms with Crippen LogP contribution in [-0.2, 0) is 4.74 Å². The van der Waals surface area contributed by atoms with Crippen LogP contribution in [0.25, 0.3) is 16.6 Å². The predicted octanol–water partition coefficient (Wildman–Crippen LogP) is 5.79. The molecule has 192 valence electrons. The van der Waals surface area contributed by atoms with Crippen LogP contribution in [0.4, 0.5) is 10.5 Å². The third-order valence-corrected chi connectivity index (χ3v) is 6.65. The lowest BCUT2D eigenvalue weighted by Crippen LogP contribution is -2.41. The van der Waals surface area contributed by atoms with Gasteiger partial charge in [-0.15, -0.1) is 0 Å². The highest BCUT2D eigenvalue weighted by molar-refractivity contribution is 9.10. The Morgan fingerprint density at radius 2 is 1.78 bits per heavy atom. The van der Waals surface area contributed by atoms with Crippen LogP contribution in [0.3, 0.4) is 0 Å². The van der Waals surface area contributed by atoms with E-state index < -0.39 is 6.04 Å². The summed E-state index contributed by atoms with van der Waals surface area (Å²) in [5.74, 6) is 0.966. The molecular weight excluding hydrogens is 536 g/mol. The molecule has 0 radical (unpaired) electrons. The van der Waals surface area contributed by atoms with E-state index in [1.165, 1.54) is 0 Å². The molecule has 0 aliphatic heterocycles. The van der Waals surface area contributed by atoms with Crippen molar-refractivity contribution in [3.05, 3.63) is 93.4 Å². The molecule has 0 aliphatic carbocycles. The van der Waals surface area contributed by atoms with Crippen molar-refractivity contribution in [2.75, 3.05) is 32.2 Å². The molecule has 3 aromatic carbocycles. The molecule has 0 bridgehead atoms. The number of para-hydroxylation sites is 4. The van der Waals surface area contributed by atoms with E-state index in [1.54, 1.807) is 28.7 Å². The van der Waals surface area contributed by atoms with E-state index >= 15 is 0 Å². The number of aromatic nitrogens is 2. The number of urea groups is 1. The van der Waals surface area contributed by atoms with Crippen molar-refractivity contribution in [3.8, 4) is 11.4 Å². The summed E-state index contributed by atoms with van der Waals surface area (Å²) in [6.07, 6.45) is 0. The van der Waals surface area contributed by atoms with Gasteiger partial charge in [0.2, 0.25) is 0 Å². The number of anilines is 1. The zero-order valence-corrected chi connectivity index (χ0v) is 22.6. The van der Waals surface area contributed by atoms with Gasteiger partial charge in [-0.05, 0) is 66.2 Å². The summed E-state index contributed by atoms with van der Waals surface area (Å²) in [7, 11) is 1.58. The minimum atomic E-state index is -0.593. The third kappa shape index (κ3) is 5.68. The summed E-state index contributed by atoms with van der Waals surface area (Å²) in [6.45, 7) is 4.77. The number of hydrogen-bond acceptors (Lipinski definition) is 5. The summed E-state index contributed by atoms with van der Waals surface area (Å²) in [5.41, 5.74) is 1.51. The molecule has 4 rings (SSSR count). The number of rotatable bonds is 9. The molecule has 1 atom stereocenters. The Morgan fingerprint density at radius 3 is 2.54 bits per heavy atom. The van der Waals surface area contributed by atoms with Crippen LogP contribution in [0, 0.1) is 0 Å². The van der Waals surface area contributed by atoms with Crippen LogP contribution < -0.4 is 15.6 Å². The summed E-state index contributed by atoms with van der Waals surface area (Å²) < 4.78 is 13.5. The summed E-state index contributed by atoms with van der Waals surface area (Å²) in [6, 6.07) is 21.0. The number of carbonyl (C=O) groups excluding carboxylic acids is 1. The second-order valence-electron chi connectivity index (χ2n) is 8.30. The zero-order chi connectivity index (χ0) is 26.4. The second-order valence-corrected chi connectivity index (χ2v) is 9.15. The Kier molecular flexibility index (Phi) is 8.58. The van der Waals surface area contributed by atoms with Gasteiger partial charge in [-0.3, -0.25) is 9.36 Å². The van der Waals surface area contributed by atoms with Gasteiger partial charge in [0, 0.05) is 18.1 Å². The fourth-order valence-corrected chi connectivity index (χ4v) is 4.52. The predicted molar refractivity (Wildman–Crippen MR) is 149 cm³/mol. The number of ether oxygens (including phenoxy) is 2. The Morgan fingerprint density at radius 1 is 1.08 bits per heavy atom. The molecule has 0 spiro atoms. The summed E-state index contributed by atoms with van der Waals surface area (Å²) in [4.78, 5) is 33.9. The maximum absolute atomic E-state index is 13.9. The first-order valence-corrected chi connectivity index (χ1v) is 12.8. The van der Waals surface area contributed by atoms with Crippen molar-refractivity contribution in [1.29, 1.82) is 0 Å². The lowest BCUT2D eigenvalue weighted by atomic mass is 10.1. The molecule has 37 heavy (non-hydrogen) atoms. The first-order valence-electron chi connectivity index (χ1n) is 12.0. The van der Waals surface area contributed by atoms with Gasteiger partial charge in [-0.1, -0.05) is 36.4 Å². The normalized spacial score (nSPS) is 11.8. The highest BCUT2D eigenvalue weighted by atomic mass is 79.9. The summed E-state index contributed by atoms with van der Waals surface area (Å²) >= 11 is 3.48. The quantitative estimate of drug-likeness (QED) is 0.278. The first kappa shape index (κ1) is 26.4. The smallest absolute Gasteiger partial charge is 0.322 e. The van der Waals surface area contributed by atoms with Crippen LogP contribution >= 0.6 is 15.9 Å². The van der Waals surface area contributed by atoms with Crippen molar-refractivity contribution in [1.82, 2.24) is 14.5 Å². The number of halogens is 1. The Hall–Kier alpha value is -3.69. The number of nitrogens with zero attached hydrogens (tertiary/aromatic N) is 3. The number of fused-ring (bicyclic) bond motifs is 1. The Balaban J connectivity index is 1.87. The molecule has 1 N–H and O–H groups in total. The van der Waals surface area contributed by atoms with Crippen molar-refractivity contribution >= 4 is 38.6 Å². The van der Waals surface area contributed by atoms with Crippen LogP contribution in [0.5, 0.6) is 5.75 Å². The molecule has 1 unspecified atom stereocenters. The van der Waals surface area contributed by atoms with Gasteiger partial charge in [-0.25, -0.2) is 9.78 Å². The standard InChI is InChI=1S/C28H29BrN4O4/c1-4-37-25-16-10-9-15-24(25)33-26(30-22-13-7-5-11-20(22)27(33)34)19(2)32(17-18-36-3)28(35)31-23-14-8-6-12-21(23)29/h5-16,19H,4,17-18H2,1-3H3,(H,31,35). The fraction of sp³-hybridized carbons (Fsp3) is 0.250. The van der Waals surface area contributed by atoms with Gasteiger partial charge in [0.05, 0.1) is 41.5 Å². The number of carbonyl (C=O) groups is 1. The number of nitrogens with one attached hydrogen (secondary N) is 1.